The largest absolute Gasteiger partial charge is 0.365 e. The fraction of sp³-hybridized carbons (Fsp3) is 0.188. The zero-order valence-corrected chi connectivity index (χ0v) is 13.7. The number of hydrogen-bond acceptors (Lipinski definition) is 4. The molecule has 0 radical (unpaired) electrons. The first-order valence-electron chi connectivity index (χ1n) is 6.89. The Balaban J connectivity index is 2.24. The number of nitrogens with zero attached hydrogens (tertiary/aromatic N) is 3. The SMILES string of the molecule is CC1=C(c2cccc(Cl)c2)n2nc(C(=O)CCl)c(C#N)c2NC1. The molecule has 1 aliphatic rings. The van der Waals surface area contributed by atoms with Crippen LogP contribution in [0.2, 0.25) is 5.02 Å². The molecule has 0 aliphatic carbocycles. The highest BCUT2D eigenvalue weighted by Crippen LogP contribution is 2.33. The number of nitriles is 1. The van der Waals surface area contributed by atoms with E-state index in [4.69, 9.17) is 23.2 Å². The van der Waals surface area contributed by atoms with E-state index in [0.29, 0.717) is 17.4 Å². The zero-order valence-electron chi connectivity index (χ0n) is 12.2. The van der Waals surface area contributed by atoms with Crippen molar-refractivity contribution >= 4 is 40.5 Å². The first-order valence-corrected chi connectivity index (χ1v) is 7.80. The third kappa shape index (κ3) is 2.61. The number of fused-ring (bicyclic) bond motifs is 1. The van der Waals surface area contributed by atoms with E-state index in [2.05, 4.69) is 10.4 Å². The fourth-order valence-corrected chi connectivity index (χ4v) is 2.91. The van der Waals surface area contributed by atoms with Crippen molar-refractivity contribution in [3.63, 3.8) is 0 Å². The predicted octanol–water partition coefficient (Wildman–Crippen LogP) is 3.53. The van der Waals surface area contributed by atoms with Crippen LogP contribution in [0.15, 0.2) is 29.8 Å². The number of Topliss-reactive ketones (excluding diaryl/α,β-unsaturated/α-hetero) is 1. The molecule has 1 aromatic heterocycles. The molecular weight excluding hydrogens is 335 g/mol. The molecular formula is C16H12Cl2N4O. The molecule has 0 atom stereocenters. The molecule has 5 nitrogen and oxygen atoms in total. The van der Waals surface area contributed by atoms with Crippen molar-refractivity contribution in [2.45, 2.75) is 6.92 Å². The highest BCUT2D eigenvalue weighted by atomic mass is 35.5. The summed E-state index contributed by atoms with van der Waals surface area (Å²) in [5.41, 5.74) is 3.00. The lowest BCUT2D eigenvalue weighted by molar-refractivity contribution is 0.101. The van der Waals surface area contributed by atoms with E-state index in [0.717, 1.165) is 16.8 Å². The first kappa shape index (κ1) is 15.6. The maximum Gasteiger partial charge on any atom is 0.199 e. The van der Waals surface area contributed by atoms with Crippen molar-refractivity contribution in [3.05, 3.63) is 51.7 Å². The molecule has 0 saturated carbocycles. The minimum atomic E-state index is -0.380. The Kier molecular flexibility index (Phi) is 4.12. The van der Waals surface area contributed by atoms with Gasteiger partial charge in [0.25, 0.3) is 0 Å². The molecule has 1 aromatic carbocycles. The van der Waals surface area contributed by atoms with Gasteiger partial charge in [-0.25, -0.2) is 4.68 Å². The van der Waals surface area contributed by atoms with Crippen LogP contribution in [0.25, 0.3) is 5.70 Å². The Morgan fingerprint density at radius 2 is 2.30 bits per heavy atom. The van der Waals surface area contributed by atoms with Crippen molar-refractivity contribution in [2.24, 2.45) is 0 Å². The van der Waals surface area contributed by atoms with Gasteiger partial charge in [0.15, 0.2) is 5.78 Å². The molecule has 116 valence electrons. The van der Waals surface area contributed by atoms with Crippen molar-refractivity contribution in [3.8, 4) is 6.07 Å². The van der Waals surface area contributed by atoms with Crippen LogP contribution < -0.4 is 5.32 Å². The monoisotopic (exact) mass is 346 g/mol. The van der Waals surface area contributed by atoms with Gasteiger partial charge in [0.05, 0.1) is 11.6 Å². The molecule has 0 saturated heterocycles. The summed E-state index contributed by atoms with van der Waals surface area (Å²) in [6.07, 6.45) is 0. The van der Waals surface area contributed by atoms with Crippen LogP contribution in [-0.2, 0) is 0 Å². The molecule has 2 heterocycles. The second kappa shape index (κ2) is 6.07. The number of ketones is 1. The third-order valence-corrected chi connectivity index (χ3v) is 4.10. The van der Waals surface area contributed by atoms with Crippen LogP contribution in [0, 0.1) is 11.3 Å². The van der Waals surface area contributed by atoms with Crippen LogP contribution in [-0.4, -0.2) is 28.0 Å². The number of alkyl halides is 1. The summed E-state index contributed by atoms with van der Waals surface area (Å²) < 4.78 is 1.59. The Morgan fingerprint density at radius 1 is 1.52 bits per heavy atom. The molecule has 7 heteroatoms. The Bertz CT molecular complexity index is 877. The summed E-state index contributed by atoms with van der Waals surface area (Å²) in [5.74, 6) is -0.100. The maximum absolute atomic E-state index is 12.0. The molecule has 3 rings (SSSR count). The lowest BCUT2D eigenvalue weighted by atomic mass is 10.1. The van der Waals surface area contributed by atoms with E-state index >= 15 is 0 Å². The average molecular weight is 347 g/mol. The fourth-order valence-electron chi connectivity index (χ4n) is 2.59. The van der Waals surface area contributed by atoms with Gasteiger partial charge in [0.1, 0.15) is 23.1 Å². The topological polar surface area (TPSA) is 70.7 Å². The van der Waals surface area contributed by atoms with Crippen LogP contribution in [0.3, 0.4) is 0 Å². The van der Waals surface area contributed by atoms with Crippen molar-refractivity contribution < 1.29 is 4.79 Å². The van der Waals surface area contributed by atoms with E-state index in [1.54, 1.807) is 10.7 Å². The van der Waals surface area contributed by atoms with Gasteiger partial charge in [0, 0.05) is 17.1 Å². The third-order valence-electron chi connectivity index (χ3n) is 3.62. The van der Waals surface area contributed by atoms with Gasteiger partial charge < -0.3 is 5.32 Å². The summed E-state index contributed by atoms with van der Waals surface area (Å²) in [7, 11) is 0. The smallest absolute Gasteiger partial charge is 0.199 e. The first-order chi connectivity index (χ1) is 11.1. The van der Waals surface area contributed by atoms with Gasteiger partial charge in [-0.05, 0) is 24.6 Å². The summed E-state index contributed by atoms with van der Waals surface area (Å²) in [4.78, 5) is 12.0. The zero-order chi connectivity index (χ0) is 16.6. The van der Waals surface area contributed by atoms with Gasteiger partial charge in [-0.3, -0.25) is 4.79 Å². The Morgan fingerprint density at radius 3 is 2.96 bits per heavy atom. The number of benzene rings is 1. The summed E-state index contributed by atoms with van der Waals surface area (Å²) >= 11 is 11.7. The maximum atomic E-state index is 12.0. The van der Waals surface area contributed by atoms with Crippen LogP contribution >= 0.6 is 23.2 Å². The van der Waals surface area contributed by atoms with E-state index in [-0.39, 0.29) is 22.9 Å². The Labute approximate surface area is 143 Å². The molecule has 23 heavy (non-hydrogen) atoms. The summed E-state index contributed by atoms with van der Waals surface area (Å²) in [5, 5.41) is 17.5. The molecule has 0 unspecified atom stereocenters. The van der Waals surface area contributed by atoms with Gasteiger partial charge in [0.2, 0.25) is 0 Å². The van der Waals surface area contributed by atoms with Gasteiger partial charge in [-0.1, -0.05) is 23.7 Å². The van der Waals surface area contributed by atoms with Crippen molar-refractivity contribution in [1.82, 2.24) is 9.78 Å². The highest BCUT2D eigenvalue weighted by Gasteiger charge is 2.28. The second-order valence-corrected chi connectivity index (χ2v) is 5.85. The minimum absolute atomic E-state index is 0.0826. The molecule has 0 bridgehead atoms. The number of carbonyl (C=O) groups excluding carboxylic acids is 1. The number of anilines is 1. The molecule has 0 amide bonds. The number of halogens is 2. The number of hydrogen-bond donors (Lipinski definition) is 1. The Hall–Kier alpha value is -2.29. The summed E-state index contributed by atoms with van der Waals surface area (Å²) in [6.45, 7) is 2.51. The normalized spacial score (nSPS) is 13.3. The standard InChI is InChI=1S/C16H12Cl2N4O/c1-9-8-20-16-12(7-19)14(13(23)6-17)21-22(16)15(9)10-3-2-4-11(18)5-10/h2-5,20H,6,8H2,1H3. The molecule has 2 aromatic rings. The number of rotatable bonds is 3. The van der Waals surface area contributed by atoms with Crippen LogP contribution in [0.5, 0.6) is 0 Å². The van der Waals surface area contributed by atoms with Crippen molar-refractivity contribution in [1.29, 1.82) is 5.26 Å². The van der Waals surface area contributed by atoms with E-state index in [1.165, 1.54) is 0 Å². The number of nitrogens with one attached hydrogen (secondary N) is 1. The molecule has 0 spiro atoms. The molecule has 1 N–H and O–H groups in total. The van der Waals surface area contributed by atoms with Gasteiger partial charge >= 0.3 is 0 Å². The van der Waals surface area contributed by atoms with E-state index < -0.39 is 0 Å². The average Bonchev–Trinajstić information content (AvgIpc) is 2.92. The number of aromatic nitrogens is 2. The van der Waals surface area contributed by atoms with Crippen molar-refractivity contribution in [2.75, 3.05) is 17.7 Å². The van der Waals surface area contributed by atoms with Gasteiger partial charge in [-0.2, -0.15) is 10.4 Å². The lowest BCUT2D eigenvalue weighted by Crippen LogP contribution is -2.19. The van der Waals surface area contributed by atoms with E-state index in [9.17, 15) is 10.1 Å². The van der Waals surface area contributed by atoms with Gasteiger partial charge in [-0.15, -0.1) is 11.6 Å². The number of carbonyl (C=O) groups is 1. The molecule has 0 fully saturated rings. The predicted molar refractivity (Wildman–Crippen MR) is 89.9 cm³/mol. The minimum Gasteiger partial charge on any atom is -0.365 e. The second-order valence-electron chi connectivity index (χ2n) is 5.15. The quantitative estimate of drug-likeness (QED) is 0.681. The highest BCUT2D eigenvalue weighted by molar-refractivity contribution is 6.31. The summed E-state index contributed by atoms with van der Waals surface area (Å²) in [6, 6.07) is 9.42. The van der Waals surface area contributed by atoms with E-state index in [1.807, 2.05) is 31.2 Å². The lowest BCUT2D eigenvalue weighted by Gasteiger charge is -2.22. The van der Waals surface area contributed by atoms with Crippen LogP contribution in [0.1, 0.15) is 28.5 Å². The van der Waals surface area contributed by atoms with Crippen LogP contribution in [0.4, 0.5) is 5.82 Å². The molecule has 1 aliphatic heterocycles.